The molecular weight excluding hydrogens is 316 g/mol. The van der Waals surface area contributed by atoms with E-state index in [4.69, 9.17) is 15.2 Å². The first-order chi connectivity index (χ1) is 12.1. The summed E-state index contributed by atoms with van der Waals surface area (Å²) in [6, 6.07) is 6.30. The molecule has 0 spiro atoms. The highest BCUT2D eigenvalue weighted by molar-refractivity contribution is 5.41. The molecule has 2 unspecified atom stereocenters. The largest absolute Gasteiger partial charge is 0.496 e. The Labute approximate surface area is 149 Å². The van der Waals surface area contributed by atoms with Crippen LogP contribution in [-0.4, -0.2) is 47.2 Å². The molecule has 1 aromatic heterocycles. The van der Waals surface area contributed by atoms with Crippen LogP contribution in [0.3, 0.4) is 0 Å². The second-order valence-electron chi connectivity index (χ2n) is 6.69. The number of ether oxygens (including phenoxy) is 2. The second kappa shape index (κ2) is 7.89. The molecule has 6 heteroatoms. The van der Waals surface area contributed by atoms with E-state index >= 15 is 0 Å². The van der Waals surface area contributed by atoms with Crippen LogP contribution in [0.25, 0.3) is 0 Å². The van der Waals surface area contributed by atoms with Crippen molar-refractivity contribution in [3.8, 4) is 11.5 Å². The maximum absolute atomic E-state index is 6.30. The van der Waals surface area contributed by atoms with Crippen LogP contribution in [0.1, 0.15) is 37.6 Å². The van der Waals surface area contributed by atoms with Gasteiger partial charge in [0.05, 0.1) is 25.2 Å². The van der Waals surface area contributed by atoms with Gasteiger partial charge in [0.2, 0.25) is 0 Å². The standard InChI is InChI=1S/C19H28N4O2/c1-4-5-14-6-7-15(8-18(14)24-3)25-16-10-23(11-16)13(2)19(20)17-9-21-12-22-17/h6-9,12-13,16,19H,4-5,10-11,20H2,1-3H3,(H,21,22). The summed E-state index contributed by atoms with van der Waals surface area (Å²) in [5.41, 5.74) is 8.50. The van der Waals surface area contributed by atoms with Gasteiger partial charge in [-0.05, 0) is 25.0 Å². The topological polar surface area (TPSA) is 76.4 Å². The van der Waals surface area contributed by atoms with Crippen molar-refractivity contribution in [2.75, 3.05) is 20.2 Å². The average molecular weight is 344 g/mol. The maximum atomic E-state index is 6.30. The van der Waals surface area contributed by atoms with Crippen LogP contribution < -0.4 is 15.2 Å². The predicted molar refractivity (Wildman–Crippen MR) is 98.0 cm³/mol. The number of rotatable bonds is 8. The van der Waals surface area contributed by atoms with Crippen molar-refractivity contribution in [3.63, 3.8) is 0 Å². The van der Waals surface area contributed by atoms with Crippen molar-refractivity contribution >= 4 is 0 Å². The lowest BCUT2D eigenvalue weighted by Gasteiger charge is -2.44. The highest BCUT2D eigenvalue weighted by atomic mass is 16.5. The molecule has 3 rings (SSSR count). The summed E-state index contributed by atoms with van der Waals surface area (Å²) in [4.78, 5) is 9.47. The number of methoxy groups -OCH3 is 1. The minimum absolute atomic E-state index is 0.0723. The number of likely N-dealkylation sites (tertiary alicyclic amines) is 1. The molecule has 1 aromatic carbocycles. The number of nitrogens with one attached hydrogen (secondary N) is 1. The van der Waals surface area contributed by atoms with Gasteiger partial charge < -0.3 is 20.2 Å². The molecule has 25 heavy (non-hydrogen) atoms. The number of H-pyrrole nitrogens is 1. The Morgan fingerprint density at radius 2 is 2.20 bits per heavy atom. The third-order valence-corrected chi connectivity index (χ3v) is 4.93. The predicted octanol–water partition coefficient (Wildman–Crippen LogP) is 2.52. The fourth-order valence-corrected chi connectivity index (χ4v) is 3.28. The highest BCUT2D eigenvalue weighted by Crippen LogP contribution is 2.29. The Morgan fingerprint density at radius 3 is 2.84 bits per heavy atom. The van der Waals surface area contributed by atoms with Crippen LogP contribution >= 0.6 is 0 Å². The maximum Gasteiger partial charge on any atom is 0.125 e. The minimum Gasteiger partial charge on any atom is -0.496 e. The van der Waals surface area contributed by atoms with Gasteiger partial charge >= 0.3 is 0 Å². The number of aromatic nitrogens is 2. The molecule has 2 atom stereocenters. The first kappa shape index (κ1) is 17.8. The van der Waals surface area contributed by atoms with Gasteiger partial charge in [-0.25, -0.2) is 4.98 Å². The summed E-state index contributed by atoms with van der Waals surface area (Å²) in [6.07, 6.45) is 5.77. The molecule has 3 N–H and O–H groups in total. The van der Waals surface area contributed by atoms with Crippen LogP contribution in [0.5, 0.6) is 11.5 Å². The summed E-state index contributed by atoms with van der Waals surface area (Å²) in [5, 5.41) is 0. The number of aromatic amines is 1. The molecule has 0 bridgehead atoms. The fraction of sp³-hybridized carbons (Fsp3) is 0.526. The average Bonchev–Trinajstić information content (AvgIpc) is 3.12. The third kappa shape index (κ3) is 3.96. The lowest BCUT2D eigenvalue weighted by Crippen LogP contribution is -2.59. The zero-order valence-electron chi connectivity index (χ0n) is 15.2. The lowest BCUT2D eigenvalue weighted by molar-refractivity contribution is -0.0115. The number of hydrogen-bond donors (Lipinski definition) is 2. The quantitative estimate of drug-likeness (QED) is 0.769. The molecule has 2 aromatic rings. The van der Waals surface area contributed by atoms with E-state index in [1.807, 2.05) is 12.1 Å². The van der Waals surface area contributed by atoms with Gasteiger partial charge in [0.1, 0.15) is 17.6 Å². The Morgan fingerprint density at radius 1 is 1.40 bits per heavy atom. The molecule has 1 aliphatic rings. The van der Waals surface area contributed by atoms with Crippen molar-refractivity contribution in [3.05, 3.63) is 42.0 Å². The molecule has 0 saturated carbocycles. The Hall–Kier alpha value is -2.05. The van der Waals surface area contributed by atoms with Gasteiger partial charge in [-0.1, -0.05) is 19.4 Å². The van der Waals surface area contributed by atoms with Crippen molar-refractivity contribution in [1.82, 2.24) is 14.9 Å². The molecule has 0 radical (unpaired) electrons. The molecular formula is C19H28N4O2. The SMILES string of the molecule is CCCc1ccc(OC2CN(C(C)C(N)c3cnc[nH]3)C2)cc1OC. The van der Waals surface area contributed by atoms with Crippen molar-refractivity contribution in [2.45, 2.75) is 44.9 Å². The highest BCUT2D eigenvalue weighted by Gasteiger charge is 2.35. The molecule has 6 nitrogen and oxygen atoms in total. The summed E-state index contributed by atoms with van der Waals surface area (Å²) >= 11 is 0. The zero-order valence-corrected chi connectivity index (χ0v) is 15.2. The normalized spacial score (nSPS) is 17.8. The molecule has 136 valence electrons. The first-order valence-electron chi connectivity index (χ1n) is 8.93. The van der Waals surface area contributed by atoms with E-state index in [2.05, 4.69) is 34.8 Å². The number of aryl methyl sites for hydroxylation is 1. The zero-order chi connectivity index (χ0) is 17.8. The Balaban J connectivity index is 1.53. The molecule has 1 saturated heterocycles. The summed E-state index contributed by atoms with van der Waals surface area (Å²) < 4.78 is 11.6. The molecule has 1 aliphatic heterocycles. The van der Waals surface area contributed by atoms with Crippen LogP contribution in [-0.2, 0) is 6.42 Å². The van der Waals surface area contributed by atoms with Crippen molar-refractivity contribution < 1.29 is 9.47 Å². The van der Waals surface area contributed by atoms with Gasteiger partial charge in [-0.2, -0.15) is 0 Å². The van der Waals surface area contributed by atoms with Gasteiger partial charge in [0.25, 0.3) is 0 Å². The number of nitrogens with zero attached hydrogens (tertiary/aromatic N) is 2. The number of hydrogen-bond acceptors (Lipinski definition) is 5. The molecule has 1 fully saturated rings. The van der Waals surface area contributed by atoms with E-state index in [0.717, 1.165) is 43.1 Å². The summed E-state index contributed by atoms with van der Waals surface area (Å²) in [6.45, 7) is 6.07. The van der Waals surface area contributed by atoms with E-state index in [1.165, 1.54) is 5.56 Å². The van der Waals surface area contributed by atoms with E-state index in [0.29, 0.717) is 0 Å². The molecule has 0 amide bonds. The lowest BCUT2D eigenvalue weighted by atomic mass is 10.0. The van der Waals surface area contributed by atoms with Gasteiger partial charge in [-0.15, -0.1) is 0 Å². The Bertz CT molecular complexity index is 668. The van der Waals surface area contributed by atoms with Gasteiger partial charge in [0.15, 0.2) is 0 Å². The van der Waals surface area contributed by atoms with E-state index < -0.39 is 0 Å². The first-order valence-corrected chi connectivity index (χ1v) is 8.93. The van der Waals surface area contributed by atoms with Crippen LogP contribution in [0.2, 0.25) is 0 Å². The Kier molecular flexibility index (Phi) is 5.60. The van der Waals surface area contributed by atoms with Gasteiger partial charge in [-0.3, -0.25) is 4.90 Å². The van der Waals surface area contributed by atoms with Crippen LogP contribution in [0, 0.1) is 0 Å². The van der Waals surface area contributed by atoms with Crippen LogP contribution in [0.15, 0.2) is 30.7 Å². The van der Waals surface area contributed by atoms with Gasteiger partial charge in [0, 0.05) is 31.4 Å². The van der Waals surface area contributed by atoms with Crippen LogP contribution in [0.4, 0.5) is 0 Å². The summed E-state index contributed by atoms with van der Waals surface area (Å²) in [7, 11) is 1.71. The minimum atomic E-state index is -0.0723. The van der Waals surface area contributed by atoms with E-state index in [1.54, 1.807) is 19.6 Å². The second-order valence-corrected chi connectivity index (χ2v) is 6.69. The summed E-state index contributed by atoms with van der Waals surface area (Å²) in [5.74, 6) is 1.78. The fourth-order valence-electron chi connectivity index (χ4n) is 3.28. The smallest absolute Gasteiger partial charge is 0.125 e. The third-order valence-electron chi connectivity index (χ3n) is 4.93. The number of imidazole rings is 1. The molecule has 2 heterocycles. The van der Waals surface area contributed by atoms with E-state index in [-0.39, 0.29) is 18.2 Å². The number of benzene rings is 1. The van der Waals surface area contributed by atoms with Crippen molar-refractivity contribution in [1.29, 1.82) is 0 Å². The monoisotopic (exact) mass is 344 g/mol. The number of nitrogens with two attached hydrogens (primary N) is 1. The van der Waals surface area contributed by atoms with Crippen molar-refractivity contribution in [2.24, 2.45) is 5.73 Å². The van der Waals surface area contributed by atoms with E-state index in [9.17, 15) is 0 Å². The molecule has 0 aliphatic carbocycles.